The summed E-state index contributed by atoms with van der Waals surface area (Å²) in [6.45, 7) is 2.71. The van der Waals surface area contributed by atoms with E-state index in [1.807, 2.05) is 0 Å². The lowest BCUT2D eigenvalue weighted by Gasteiger charge is -1.93. The molecule has 2 unspecified atom stereocenters. The predicted octanol–water partition coefficient (Wildman–Crippen LogP) is 0.898. The van der Waals surface area contributed by atoms with E-state index >= 15 is 0 Å². The standard InChI is InChI=1S/C7H12N2/c1-2-6-5-7(6)9-4-3-8/h6-7,9H,2,4-5H2,1H3. The van der Waals surface area contributed by atoms with Crippen molar-refractivity contribution in [1.29, 1.82) is 5.26 Å². The Kier molecular flexibility index (Phi) is 2.07. The molecule has 2 heteroatoms. The molecule has 50 valence electrons. The normalized spacial score (nSPS) is 31.6. The van der Waals surface area contributed by atoms with Gasteiger partial charge in [0.25, 0.3) is 0 Å². The summed E-state index contributed by atoms with van der Waals surface area (Å²) in [6, 6.07) is 2.73. The van der Waals surface area contributed by atoms with Crippen molar-refractivity contribution < 1.29 is 0 Å². The molecule has 1 fully saturated rings. The molecule has 1 saturated carbocycles. The van der Waals surface area contributed by atoms with Crippen LogP contribution in [0.4, 0.5) is 0 Å². The molecular formula is C7H12N2. The first-order valence-electron chi connectivity index (χ1n) is 3.48. The van der Waals surface area contributed by atoms with Crippen LogP contribution in [-0.2, 0) is 0 Å². The van der Waals surface area contributed by atoms with E-state index in [2.05, 4.69) is 18.3 Å². The molecule has 1 aliphatic carbocycles. The summed E-state index contributed by atoms with van der Waals surface area (Å²) in [5.41, 5.74) is 0. The molecule has 2 nitrogen and oxygen atoms in total. The van der Waals surface area contributed by atoms with Crippen molar-refractivity contribution >= 4 is 0 Å². The smallest absolute Gasteiger partial charge is 0.0843 e. The van der Waals surface area contributed by atoms with Gasteiger partial charge in [0.2, 0.25) is 0 Å². The maximum absolute atomic E-state index is 8.19. The van der Waals surface area contributed by atoms with Gasteiger partial charge in [-0.3, -0.25) is 0 Å². The maximum Gasteiger partial charge on any atom is 0.0843 e. The van der Waals surface area contributed by atoms with Crippen molar-refractivity contribution in [1.82, 2.24) is 5.32 Å². The minimum atomic E-state index is 0.515. The van der Waals surface area contributed by atoms with Crippen LogP contribution in [0.25, 0.3) is 0 Å². The van der Waals surface area contributed by atoms with Gasteiger partial charge in [0, 0.05) is 6.04 Å². The SMILES string of the molecule is CCC1CC1NCC#N. The van der Waals surface area contributed by atoms with Gasteiger partial charge >= 0.3 is 0 Å². The Balaban J connectivity index is 2.00. The van der Waals surface area contributed by atoms with Gasteiger partial charge in [-0.1, -0.05) is 13.3 Å². The lowest BCUT2D eigenvalue weighted by Crippen LogP contribution is -2.17. The highest BCUT2D eigenvalue weighted by Gasteiger charge is 2.34. The molecule has 1 N–H and O–H groups in total. The van der Waals surface area contributed by atoms with Crippen molar-refractivity contribution in [3.8, 4) is 6.07 Å². The Bertz CT molecular complexity index is 125. The van der Waals surface area contributed by atoms with Crippen molar-refractivity contribution in [3.05, 3.63) is 0 Å². The Morgan fingerprint density at radius 3 is 3.00 bits per heavy atom. The largest absolute Gasteiger partial charge is 0.301 e. The molecule has 0 bridgehead atoms. The minimum absolute atomic E-state index is 0.515. The summed E-state index contributed by atoms with van der Waals surface area (Å²) in [7, 11) is 0. The summed E-state index contributed by atoms with van der Waals surface area (Å²) < 4.78 is 0. The summed E-state index contributed by atoms with van der Waals surface area (Å²) in [4.78, 5) is 0. The van der Waals surface area contributed by atoms with Crippen LogP contribution in [0, 0.1) is 17.2 Å². The molecule has 0 aromatic carbocycles. The molecule has 1 aliphatic rings. The Labute approximate surface area is 55.9 Å². The molecule has 0 aromatic rings. The van der Waals surface area contributed by atoms with Gasteiger partial charge in [0.15, 0.2) is 0 Å². The fourth-order valence-electron chi connectivity index (χ4n) is 1.13. The molecule has 0 amide bonds. The third kappa shape index (κ3) is 1.69. The third-order valence-corrected chi connectivity index (χ3v) is 1.89. The van der Waals surface area contributed by atoms with Crippen LogP contribution in [0.1, 0.15) is 19.8 Å². The first-order chi connectivity index (χ1) is 4.38. The average Bonchev–Trinajstić information content (AvgIpc) is 2.62. The number of hydrogen-bond donors (Lipinski definition) is 1. The van der Waals surface area contributed by atoms with Crippen LogP contribution in [0.5, 0.6) is 0 Å². The summed E-state index contributed by atoms with van der Waals surface area (Å²) in [5.74, 6) is 0.860. The van der Waals surface area contributed by atoms with E-state index in [1.165, 1.54) is 12.8 Å². The van der Waals surface area contributed by atoms with E-state index in [-0.39, 0.29) is 0 Å². The fraction of sp³-hybridized carbons (Fsp3) is 0.857. The van der Waals surface area contributed by atoms with E-state index in [4.69, 9.17) is 5.26 Å². The number of rotatable bonds is 3. The summed E-state index contributed by atoms with van der Waals surface area (Å²) >= 11 is 0. The maximum atomic E-state index is 8.19. The Morgan fingerprint density at radius 2 is 2.56 bits per heavy atom. The monoisotopic (exact) mass is 124 g/mol. The van der Waals surface area contributed by atoms with Crippen LogP contribution < -0.4 is 5.32 Å². The lowest BCUT2D eigenvalue weighted by molar-refractivity contribution is 0.664. The van der Waals surface area contributed by atoms with Crippen molar-refractivity contribution in [2.45, 2.75) is 25.8 Å². The highest BCUT2D eigenvalue weighted by Crippen LogP contribution is 2.32. The number of nitrogens with one attached hydrogen (secondary N) is 1. The van der Waals surface area contributed by atoms with Crippen LogP contribution >= 0.6 is 0 Å². The zero-order valence-electron chi connectivity index (χ0n) is 5.72. The first-order valence-corrected chi connectivity index (χ1v) is 3.48. The van der Waals surface area contributed by atoms with Gasteiger partial charge in [0.1, 0.15) is 0 Å². The van der Waals surface area contributed by atoms with Crippen LogP contribution in [0.2, 0.25) is 0 Å². The molecule has 2 atom stereocenters. The molecule has 0 aromatic heterocycles. The van der Waals surface area contributed by atoms with Crippen LogP contribution in [0.3, 0.4) is 0 Å². The fourth-order valence-corrected chi connectivity index (χ4v) is 1.13. The predicted molar refractivity (Wildman–Crippen MR) is 35.8 cm³/mol. The van der Waals surface area contributed by atoms with E-state index in [0.29, 0.717) is 12.6 Å². The topological polar surface area (TPSA) is 35.8 Å². The van der Waals surface area contributed by atoms with Gasteiger partial charge in [-0.15, -0.1) is 0 Å². The highest BCUT2D eigenvalue weighted by molar-refractivity contribution is 4.94. The molecule has 0 spiro atoms. The molecule has 0 aliphatic heterocycles. The molecule has 1 rings (SSSR count). The quantitative estimate of drug-likeness (QED) is 0.567. The van der Waals surface area contributed by atoms with E-state index < -0.39 is 0 Å². The second-order valence-corrected chi connectivity index (χ2v) is 2.55. The van der Waals surface area contributed by atoms with Gasteiger partial charge < -0.3 is 5.32 Å². The lowest BCUT2D eigenvalue weighted by atomic mass is 10.3. The highest BCUT2D eigenvalue weighted by atomic mass is 15.0. The average molecular weight is 124 g/mol. The van der Waals surface area contributed by atoms with Gasteiger partial charge in [0.05, 0.1) is 12.6 Å². The second kappa shape index (κ2) is 2.84. The molecule has 0 saturated heterocycles. The summed E-state index contributed by atoms with van der Waals surface area (Å²) in [6.07, 6.45) is 2.53. The number of hydrogen-bond acceptors (Lipinski definition) is 2. The van der Waals surface area contributed by atoms with Gasteiger partial charge in [-0.05, 0) is 12.3 Å². The van der Waals surface area contributed by atoms with Gasteiger partial charge in [-0.25, -0.2) is 0 Å². The van der Waals surface area contributed by atoms with E-state index in [0.717, 1.165) is 5.92 Å². The van der Waals surface area contributed by atoms with Crippen molar-refractivity contribution in [3.63, 3.8) is 0 Å². The van der Waals surface area contributed by atoms with Crippen molar-refractivity contribution in [2.24, 2.45) is 5.92 Å². The molecule has 9 heavy (non-hydrogen) atoms. The molecule has 0 heterocycles. The Morgan fingerprint density at radius 1 is 1.78 bits per heavy atom. The summed E-state index contributed by atoms with van der Waals surface area (Å²) in [5, 5.41) is 11.3. The third-order valence-electron chi connectivity index (χ3n) is 1.89. The van der Waals surface area contributed by atoms with E-state index in [9.17, 15) is 0 Å². The first kappa shape index (κ1) is 6.57. The van der Waals surface area contributed by atoms with E-state index in [1.54, 1.807) is 0 Å². The minimum Gasteiger partial charge on any atom is -0.301 e. The van der Waals surface area contributed by atoms with Gasteiger partial charge in [-0.2, -0.15) is 5.26 Å². The zero-order chi connectivity index (χ0) is 6.69. The van der Waals surface area contributed by atoms with Crippen LogP contribution in [-0.4, -0.2) is 12.6 Å². The second-order valence-electron chi connectivity index (χ2n) is 2.55. The van der Waals surface area contributed by atoms with Crippen LogP contribution in [0.15, 0.2) is 0 Å². The number of nitrogens with zero attached hydrogens (tertiary/aromatic N) is 1. The Hall–Kier alpha value is -0.550. The molecular weight excluding hydrogens is 112 g/mol. The van der Waals surface area contributed by atoms with Crippen molar-refractivity contribution in [2.75, 3.05) is 6.54 Å². The zero-order valence-corrected chi connectivity index (χ0v) is 5.72. The number of nitriles is 1. The molecule has 0 radical (unpaired) electrons.